The van der Waals surface area contributed by atoms with Crippen LogP contribution in [0, 0.1) is 37.5 Å². The first-order valence-corrected chi connectivity index (χ1v) is 10.3. The fourth-order valence-electron chi connectivity index (χ4n) is 5.51. The van der Waals surface area contributed by atoms with Gasteiger partial charge in [0.15, 0.2) is 0 Å². The van der Waals surface area contributed by atoms with Crippen LogP contribution in [0.5, 0.6) is 0 Å². The van der Waals surface area contributed by atoms with Crippen LogP contribution in [0.3, 0.4) is 0 Å². The lowest BCUT2D eigenvalue weighted by atomic mass is 9.81. The Kier molecular flexibility index (Phi) is 4.09. The normalized spacial score (nSPS) is 27.4. The second-order valence-electron chi connectivity index (χ2n) is 8.65. The van der Waals surface area contributed by atoms with Crippen molar-refractivity contribution < 1.29 is 14.4 Å². The minimum Gasteiger partial charge on any atom is -0.322 e. The van der Waals surface area contributed by atoms with Crippen molar-refractivity contribution in [3.05, 3.63) is 59.2 Å². The van der Waals surface area contributed by atoms with E-state index in [1.54, 1.807) is 24.3 Å². The summed E-state index contributed by atoms with van der Waals surface area (Å²) in [6.45, 7) is 3.98. The molecular formula is C24H24N2O3. The molecule has 0 spiro atoms. The molecule has 4 atom stereocenters. The van der Waals surface area contributed by atoms with E-state index in [-0.39, 0.29) is 29.6 Å². The van der Waals surface area contributed by atoms with Crippen LogP contribution in [0.25, 0.3) is 0 Å². The van der Waals surface area contributed by atoms with Gasteiger partial charge in [0.1, 0.15) is 0 Å². The van der Waals surface area contributed by atoms with Gasteiger partial charge in [0.2, 0.25) is 11.8 Å². The second-order valence-corrected chi connectivity index (χ2v) is 8.65. The SMILES string of the molecule is Cc1cccc(NC(=O)c2ccc(N3C(=O)[C@@H]4[C@H]5CC[C@@H](C5)[C@H]4C3=O)cc2)c1C. The number of fused-ring (bicyclic) bond motifs is 5. The topological polar surface area (TPSA) is 66.5 Å². The first-order valence-electron chi connectivity index (χ1n) is 10.3. The number of aryl methyl sites for hydroxylation is 1. The monoisotopic (exact) mass is 388 g/mol. The van der Waals surface area contributed by atoms with Gasteiger partial charge >= 0.3 is 0 Å². The predicted molar refractivity (Wildman–Crippen MR) is 111 cm³/mol. The van der Waals surface area contributed by atoms with Crippen molar-refractivity contribution in [1.29, 1.82) is 0 Å². The third-order valence-electron chi connectivity index (χ3n) is 7.17. The molecule has 1 heterocycles. The minimum atomic E-state index is -0.209. The van der Waals surface area contributed by atoms with E-state index < -0.39 is 0 Å². The standard InChI is InChI=1S/C24H24N2O3/c1-13-4-3-5-19(14(13)2)25-22(27)15-8-10-18(11-9-15)26-23(28)20-16-6-7-17(12-16)21(20)24(26)29/h3-5,8-11,16-17,20-21H,6-7,12H2,1-2H3,(H,25,27)/t16-,17-,20+,21+/m0/s1. The third-order valence-corrected chi connectivity index (χ3v) is 7.17. The Labute approximate surface area is 170 Å². The average Bonchev–Trinajstić information content (AvgIpc) is 3.39. The molecule has 2 bridgehead atoms. The van der Waals surface area contributed by atoms with Crippen LogP contribution in [0.1, 0.15) is 40.7 Å². The highest BCUT2D eigenvalue weighted by Gasteiger charge is 2.61. The Hall–Kier alpha value is -2.95. The third kappa shape index (κ3) is 2.71. The smallest absolute Gasteiger partial charge is 0.255 e. The summed E-state index contributed by atoms with van der Waals surface area (Å²) >= 11 is 0. The highest BCUT2D eigenvalue weighted by Crippen LogP contribution is 2.56. The van der Waals surface area contributed by atoms with Gasteiger partial charge in [0.05, 0.1) is 17.5 Å². The maximum Gasteiger partial charge on any atom is 0.255 e. The average molecular weight is 388 g/mol. The summed E-state index contributed by atoms with van der Waals surface area (Å²) in [5.74, 6) is 0.156. The van der Waals surface area contributed by atoms with Gasteiger partial charge in [0, 0.05) is 11.3 Å². The molecule has 3 amide bonds. The lowest BCUT2D eigenvalue weighted by Gasteiger charge is -2.19. The fourth-order valence-corrected chi connectivity index (χ4v) is 5.51. The summed E-state index contributed by atoms with van der Waals surface area (Å²) in [7, 11) is 0. The molecule has 5 heteroatoms. The molecule has 2 saturated carbocycles. The Morgan fingerprint density at radius 2 is 1.55 bits per heavy atom. The summed E-state index contributed by atoms with van der Waals surface area (Å²) in [4.78, 5) is 39.9. The second kappa shape index (κ2) is 6.55. The molecule has 0 radical (unpaired) electrons. The number of nitrogens with zero attached hydrogens (tertiary/aromatic N) is 1. The van der Waals surface area contributed by atoms with Gasteiger partial charge in [-0.2, -0.15) is 0 Å². The Morgan fingerprint density at radius 3 is 2.17 bits per heavy atom. The van der Waals surface area contributed by atoms with Crippen LogP contribution in [0.4, 0.5) is 11.4 Å². The number of nitrogens with one attached hydrogen (secondary N) is 1. The first-order chi connectivity index (χ1) is 14.0. The van der Waals surface area contributed by atoms with Gasteiger partial charge < -0.3 is 5.32 Å². The van der Waals surface area contributed by atoms with Crippen LogP contribution in [0.15, 0.2) is 42.5 Å². The number of carbonyl (C=O) groups excluding carboxylic acids is 3. The summed E-state index contributed by atoms with van der Waals surface area (Å²) < 4.78 is 0. The molecule has 0 unspecified atom stereocenters. The molecular weight excluding hydrogens is 364 g/mol. The van der Waals surface area contributed by atoms with Crippen LogP contribution in [-0.2, 0) is 9.59 Å². The molecule has 3 fully saturated rings. The summed E-state index contributed by atoms with van der Waals surface area (Å²) in [5.41, 5.74) is 3.99. The van der Waals surface area contributed by atoms with Crippen molar-refractivity contribution in [2.24, 2.45) is 23.7 Å². The number of hydrogen-bond acceptors (Lipinski definition) is 3. The van der Waals surface area contributed by atoms with Crippen molar-refractivity contribution in [1.82, 2.24) is 0 Å². The molecule has 5 rings (SSSR count). The van der Waals surface area contributed by atoms with Crippen molar-refractivity contribution in [2.75, 3.05) is 10.2 Å². The summed E-state index contributed by atoms with van der Waals surface area (Å²) in [6, 6.07) is 12.6. The van der Waals surface area contributed by atoms with Crippen molar-refractivity contribution in [3.8, 4) is 0 Å². The van der Waals surface area contributed by atoms with Gasteiger partial charge in [-0.3, -0.25) is 19.3 Å². The number of hydrogen-bond donors (Lipinski definition) is 1. The van der Waals surface area contributed by atoms with Gasteiger partial charge in [0.25, 0.3) is 5.91 Å². The van der Waals surface area contributed by atoms with E-state index in [9.17, 15) is 14.4 Å². The molecule has 1 aliphatic heterocycles. The van der Waals surface area contributed by atoms with Gasteiger partial charge in [-0.1, -0.05) is 12.1 Å². The summed E-state index contributed by atoms with van der Waals surface area (Å²) in [6.07, 6.45) is 3.16. The quantitative estimate of drug-likeness (QED) is 0.806. The maximum absolute atomic E-state index is 12.9. The molecule has 1 N–H and O–H groups in total. The predicted octanol–water partition coefficient (Wildman–Crippen LogP) is 4.09. The minimum absolute atomic E-state index is 0.0558. The van der Waals surface area contributed by atoms with Crippen molar-refractivity contribution >= 4 is 29.1 Å². The zero-order valence-corrected chi connectivity index (χ0v) is 16.6. The number of amides is 3. The summed E-state index contributed by atoms with van der Waals surface area (Å²) in [5, 5.41) is 2.94. The van der Waals surface area contributed by atoms with Gasteiger partial charge in [-0.15, -0.1) is 0 Å². The van der Waals surface area contributed by atoms with E-state index in [2.05, 4.69) is 5.32 Å². The lowest BCUT2D eigenvalue weighted by Crippen LogP contribution is -2.32. The molecule has 0 aromatic heterocycles. The lowest BCUT2D eigenvalue weighted by molar-refractivity contribution is -0.123. The Balaban J connectivity index is 1.35. The van der Waals surface area contributed by atoms with Crippen LogP contribution in [-0.4, -0.2) is 17.7 Å². The van der Waals surface area contributed by atoms with E-state index in [4.69, 9.17) is 0 Å². The van der Waals surface area contributed by atoms with Crippen molar-refractivity contribution in [2.45, 2.75) is 33.1 Å². The van der Waals surface area contributed by atoms with E-state index in [1.807, 2.05) is 32.0 Å². The van der Waals surface area contributed by atoms with Gasteiger partial charge in [-0.25, -0.2) is 0 Å². The van der Waals surface area contributed by atoms with Crippen LogP contribution >= 0.6 is 0 Å². The Bertz CT molecular complexity index is 999. The molecule has 3 aliphatic rings. The zero-order chi connectivity index (χ0) is 20.3. The van der Waals surface area contributed by atoms with E-state index in [0.29, 0.717) is 23.1 Å². The zero-order valence-electron chi connectivity index (χ0n) is 16.6. The van der Waals surface area contributed by atoms with Crippen LogP contribution in [0.2, 0.25) is 0 Å². The number of benzene rings is 2. The maximum atomic E-state index is 12.9. The van der Waals surface area contributed by atoms with Gasteiger partial charge in [-0.05, 0) is 86.4 Å². The fraction of sp³-hybridized carbons (Fsp3) is 0.375. The first kappa shape index (κ1) is 18.1. The molecule has 2 aromatic carbocycles. The van der Waals surface area contributed by atoms with Crippen LogP contribution < -0.4 is 10.2 Å². The molecule has 5 nitrogen and oxygen atoms in total. The van der Waals surface area contributed by atoms with Crippen molar-refractivity contribution in [3.63, 3.8) is 0 Å². The molecule has 29 heavy (non-hydrogen) atoms. The molecule has 148 valence electrons. The number of rotatable bonds is 3. The van der Waals surface area contributed by atoms with E-state index >= 15 is 0 Å². The molecule has 1 saturated heterocycles. The number of anilines is 2. The largest absolute Gasteiger partial charge is 0.322 e. The van der Waals surface area contributed by atoms with E-state index in [0.717, 1.165) is 36.1 Å². The number of imide groups is 1. The molecule has 2 aromatic rings. The van der Waals surface area contributed by atoms with E-state index in [1.165, 1.54) is 4.90 Å². The highest BCUT2D eigenvalue weighted by atomic mass is 16.2. The molecule has 2 aliphatic carbocycles. The number of carbonyl (C=O) groups is 3. The Morgan fingerprint density at radius 1 is 0.931 bits per heavy atom. The highest BCUT2D eigenvalue weighted by molar-refractivity contribution is 6.22.